The molecule has 216 valence electrons. The Balaban J connectivity index is 1.35. The normalized spacial score (nSPS) is 17.5. The lowest BCUT2D eigenvalue weighted by Gasteiger charge is -2.34. The number of ether oxygens (including phenoxy) is 3. The van der Waals surface area contributed by atoms with Gasteiger partial charge in [0.15, 0.2) is 17.3 Å². The van der Waals surface area contributed by atoms with Crippen LogP contribution >= 0.6 is 0 Å². The first-order valence-electron chi connectivity index (χ1n) is 13.6. The number of benzene rings is 2. The van der Waals surface area contributed by atoms with Crippen LogP contribution in [0.3, 0.4) is 0 Å². The fraction of sp³-hybridized carbons (Fsp3) is 0.400. The van der Waals surface area contributed by atoms with E-state index in [1.807, 2.05) is 12.1 Å². The monoisotopic (exact) mass is 562 g/mol. The molecule has 3 heterocycles. The van der Waals surface area contributed by atoms with Crippen LogP contribution in [0.2, 0.25) is 0 Å². The number of fused-ring (bicyclic) bond motifs is 2. The molecule has 5 rings (SSSR count). The Morgan fingerprint density at radius 2 is 1.73 bits per heavy atom. The highest BCUT2D eigenvalue weighted by atomic mass is 16.7. The number of piperidine rings is 1. The molecule has 3 aliphatic heterocycles. The molecular formula is C30H34N4O7. The van der Waals surface area contributed by atoms with E-state index in [0.717, 1.165) is 5.56 Å². The third kappa shape index (κ3) is 6.29. The number of carbonyl (C=O) groups excluding carboxylic acids is 4. The van der Waals surface area contributed by atoms with Gasteiger partial charge in [0.1, 0.15) is 12.1 Å². The number of ketones is 1. The molecule has 0 aliphatic carbocycles. The molecule has 0 saturated carbocycles. The number of likely N-dealkylation sites (tertiary alicyclic amines) is 1. The maximum absolute atomic E-state index is 13.3. The minimum Gasteiger partial charge on any atom is -0.454 e. The predicted octanol–water partition coefficient (Wildman–Crippen LogP) is 3.54. The second kappa shape index (κ2) is 11.1. The third-order valence-corrected chi connectivity index (χ3v) is 7.06. The lowest BCUT2D eigenvalue weighted by molar-refractivity contribution is -0.131. The van der Waals surface area contributed by atoms with E-state index in [2.05, 4.69) is 16.0 Å². The summed E-state index contributed by atoms with van der Waals surface area (Å²) >= 11 is 0. The predicted molar refractivity (Wildman–Crippen MR) is 151 cm³/mol. The molecule has 2 aromatic carbocycles. The minimum atomic E-state index is -0.647. The van der Waals surface area contributed by atoms with Crippen molar-refractivity contribution in [3.63, 3.8) is 0 Å². The van der Waals surface area contributed by atoms with E-state index in [-0.39, 0.29) is 37.0 Å². The third-order valence-electron chi connectivity index (χ3n) is 7.06. The Labute approximate surface area is 238 Å². The van der Waals surface area contributed by atoms with Crippen molar-refractivity contribution in [2.45, 2.75) is 52.2 Å². The number of carbonyl (C=O) groups is 4. The van der Waals surface area contributed by atoms with Gasteiger partial charge in [0.05, 0.1) is 11.3 Å². The molecule has 41 heavy (non-hydrogen) atoms. The van der Waals surface area contributed by atoms with Crippen molar-refractivity contribution in [3.8, 4) is 11.5 Å². The number of hydrogen-bond acceptors (Lipinski definition) is 8. The molecule has 3 N–H and O–H groups in total. The van der Waals surface area contributed by atoms with Gasteiger partial charge in [-0.1, -0.05) is 0 Å². The number of rotatable bonds is 6. The number of nitrogens with zero attached hydrogens (tertiary/aromatic N) is 1. The van der Waals surface area contributed by atoms with Crippen molar-refractivity contribution in [2.75, 3.05) is 31.7 Å². The van der Waals surface area contributed by atoms with E-state index in [0.29, 0.717) is 65.5 Å². The van der Waals surface area contributed by atoms with Gasteiger partial charge in [-0.25, -0.2) is 4.79 Å². The summed E-state index contributed by atoms with van der Waals surface area (Å²) in [4.78, 5) is 51.8. The zero-order valence-corrected chi connectivity index (χ0v) is 23.6. The van der Waals surface area contributed by atoms with E-state index >= 15 is 0 Å². The molecule has 0 spiro atoms. The summed E-state index contributed by atoms with van der Waals surface area (Å²) in [6.45, 7) is 7.71. The first-order chi connectivity index (χ1) is 19.5. The average Bonchev–Trinajstić information content (AvgIpc) is 3.52. The van der Waals surface area contributed by atoms with E-state index in [9.17, 15) is 19.2 Å². The number of hydrogen-bond donors (Lipinski definition) is 3. The molecule has 1 saturated heterocycles. The number of Topliss-reactive ketones (excluding diaryl/α,β-unsaturated/α-hetero) is 1. The molecule has 0 aromatic heterocycles. The van der Waals surface area contributed by atoms with Gasteiger partial charge >= 0.3 is 6.09 Å². The topological polar surface area (TPSA) is 135 Å². The van der Waals surface area contributed by atoms with Gasteiger partial charge < -0.3 is 35.1 Å². The van der Waals surface area contributed by atoms with Crippen molar-refractivity contribution < 1.29 is 33.4 Å². The van der Waals surface area contributed by atoms with Crippen LogP contribution in [0.25, 0.3) is 11.3 Å². The SMILES string of the molecule is CC(=O)c1ccc2c(c1)/C(=C(/NC1CCN(C(=O)CNC(=O)OC(C)(C)C)CC1)c1ccc3c(c1)OCO3)C(=O)N2. The van der Waals surface area contributed by atoms with Crippen LogP contribution in [0.15, 0.2) is 36.4 Å². The van der Waals surface area contributed by atoms with Gasteiger partial charge in [-0.05, 0) is 76.9 Å². The zero-order valence-electron chi connectivity index (χ0n) is 23.6. The quantitative estimate of drug-likeness (QED) is 0.360. The van der Waals surface area contributed by atoms with Gasteiger partial charge in [0.25, 0.3) is 5.91 Å². The van der Waals surface area contributed by atoms with Crippen molar-refractivity contribution >= 4 is 40.6 Å². The highest BCUT2D eigenvalue weighted by Crippen LogP contribution is 2.40. The Hall–Kier alpha value is -4.54. The van der Waals surface area contributed by atoms with Gasteiger partial charge in [0.2, 0.25) is 12.7 Å². The summed E-state index contributed by atoms with van der Waals surface area (Å²) in [6.07, 6.45) is 0.619. The molecule has 11 heteroatoms. The van der Waals surface area contributed by atoms with Crippen LogP contribution in [-0.2, 0) is 14.3 Å². The lowest BCUT2D eigenvalue weighted by atomic mass is 9.96. The van der Waals surface area contributed by atoms with E-state index < -0.39 is 11.7 Å². The molecular weight excluding hydrogens is 528 g/mol. The maximum atomic E-state index is 13.3. The Morgan fingerprint density at radius 1 is 1.02 bits per heavy atom. The molecule has 1 fully saturated rings. The van der Waals surface area contributed by atoms with Crippen LogP contribution in [0.4, 0.5) is 10.5 Å². The highest BCUT2D eigenvalue weighted by molar-refractivity contribution is 6.36. The standard InChI is InChI=1S/C30H34N4O7/c1-17(35)18-5-7-22-21(13-18)26(28(37)33-22)27(19-6-8-23-24(14-19)40-16-39-23)32-20-9-11-34(12-10-20)25(36)15-31-29(38)41-30(2,3)4/h5-8,13-14,20,32H,9-12,15-16H2,1-4H3,(H,31,38)(H,33,37)/b27-26-. The van der Waals surface area contributed by atoms with Crippen LogP contribution < -0.4 is 25.4 Å². The molecule has 0 radical (unpaired) electrons. The molecule has 0 atom stereocenters. The summed E-state index contributed by atoms with van der Waals surface area (Å²) in [5.41, 5.74) is 2.91. The fourth-order valence-electron chi connectivity index (χ4n) is 5.04. The van der Waals surface area contributed by atoms with Crippen molar-refractivity contribution in [2.24, 2.45) is 0 Å². The van der Waals surface area contributed by atoms with Gasteiger partial charge in [-0.3, -0.25) is 14.4 Å². The van der Waals surface area contributed by atoms with Crippen LogP contribution in [0, 0.1) is 0 Å². The highest BCUT2D eigenvalue weighted by Gasteiger charge is 2.32. The molecule has 11 nitrogen and oxygen atoms in total. The number of amides is 3. The molecule has 0 bridgehead atoms. The zero-order chi connectivity index (χ0) is 29.3. The molecule has 3 amide bonds. The number of nitrogens with one attached hydrogen (secondary N) is 3. The van der Waals surface area contributed by atoms with Crippen LogP contribution in [0.5, 0.6) is 11.5 Å². The van der Waals surface area contributed by atoms with Crippen LogP contribution in [-0.4, -0.2) is 66.7 Å². The summed E-state index contributed by atoms with van der Waals surface area (Å²) in [5.74, 6) is 0.643. The first-order valence-corrected chi connectivity index (χ1v) is 13.6. The van der Waals surface area contributed by atoms with Crippen molar-refractivity contribution in [1.29, 1.82) is 0 Å². The summed E-state index contributed by atoms with van der Waals surface area (Å²) in [7, 11) is 0. The van der Waals surface area contributed by atoms with E-state index in [4.69, 9.17) is 14.2 Å². The summed E-state index contributed by atoms with van der Waals surface area (Å²) in [5, 5.41) is 9.00. The summed E-state index contributed by atoms with van der Waals surface area (Å²) < 4.78 is 16.3. The van der Waals surface area contributed by atoms with Gasteiger partial charge in [0, 0.05) is 41.5 Å². The molecule has 2 aromatic rings. The largest absolute Gasteiger partial charge is 0.454 e. The van der Waals surface area contributed by atoms with Gasteiger partial charge in [-0.2, -0.15) is 0 Å². The molecule has 0 unspecified atom stereocenters. The first kappa shape index (κ1) is 28.0. The Bertz CT molecular complexity index is 1430. The lowest BCUT2D eigenvalue weighted by Crippen LogP contribution is -2.48. The average molecular weight is 563 g/mol. The van der Waals surface area contributed by atoms with E-state index in [1.54, 1.807) is 49.9 Å². The second-order valence-electron chi connectivity index (χ2n) is 11.2. The van der Waals surface area contributed by atoms with E-state index in [1.165, 1.54) is 6.92 Å². The Kier molecular flexibility index (Phi) is 7.61. The smallest absolute Gasteiger partial charge is 0.408 e. The van der Waals surface area contributed by atoms with Gasteiger partial charge in [-0.15, -0.1) is 0 Å². The number of anilines is 1. The molecule has 3 aliphatic rings. The van der Waals surface area contributed by atoms with Crippen LogP contribution in [0.1, 0.15) is 62.0 Å². The van der Waals surface area contributed by atoms with Crippen molar-refractivity contribution in [3.05, 3.63) is 53.1 Å². The maximum Gasteiger partial charge on any atom is 0.408 e. The second-order valence-corrected chi connectivity index (χ2v) is 11.2. The summed E-state index contributed by atoms with van der Waals surface area (Å²) in [6, 6.07) is 10.6. The number of alkyl carbamates (subject to hydrolysis) is 1. The Morgan fingerprint density at radius 3 is 2.44 bits per heavy atom. The fourth-order valence-corrected chi connectivity index (χ4v) is 5.04. The minimum absolute atomic E-state index is 0.0429. The van der Waals surface area contributed by atoms with Crippen molar-refractivity contribution in [1.82, 2.24) is 15.5 Å².